The quantitative estimate of drug-likeness (QED) is 0.824. The summed E-state index contributed by atoms with van der Waals surface area (Å²) in [6.07, 6.45) is 2.21. The molecule has 0 saturated carbocycles. The van der Waals surface area contributed by atoms with E-state index in [-0.39, 0.29) is 12.7 Å². The summed E-state index contributed by atoms with van der Waals surface area (Å²) in [5.41, 5.74) is 2.15. The fourth-order valence-electron chi connectivity index (χ4n) is 3.23. The molecule has 2 aromatic carbocycles. The van der Waals surface area contributed by atoms with Crippen LogP contribution in [-0.4, -0.2) is 24.5 Å². The number of ether oxygens (including phenoxy) is 2. The molecular formula is C20H21NO3S. The van der Waals surface area contributed by atoms with Crippen molar-refractivity contribution in [2.75, 3.05) is 18.2 Å². The molecule has 2 aromatic rings. The molecule has 25 heavy (non-hydrogen) atoms. The molecule has 4 nitrogen and oxygen atoms in total. The zero-order valence-corrected chi connectivity index (χ0v) is 15.1. The van der Waals surface area contributed by atoms with E-state index < -0.39 is 0 Å². The van der Waals surface area contributed by atoms with Crippen LogP contribution in [0.25, 0.3) is 0 Å². The number of rotatable bonds is 3. The van der Waals surface area contributed by atoms with Gasteiger partial charge in [-0.1, -0.05) is 25.1 Å². The summed E-state index contributed by atoms with van der Waals surface area (Å²) in [6, 6.07) is 14.1. The standard InChI is InChI=1S/C20H21NO3S/c1-14-10-11-21(16-4-2-3-5-19(16)25-14)20(22)9-7-15-6-8-17-18(12-15)24-13-23-17/h2-6,8,12,14H,7,9-11,13H2,1H3. The molecule has 4 rings (SSSR count). The van der Waals surface area contributed by atoms with Crippen molar-refractivity contribution in [3.05, 3.63) is 48.0 Å². The molecule has 0 radical (unpaired) electrons. The van der Waals surface area contributed by atoms with Gasteiger partial charge in [0.05, 0.1) is 5.69 Å². The van der Waals surface area contributed by atoms with E-state index in [0.29, 0.717) is 18.1 Å². The Balaban J connectivity index is 1.47. The molecule has 1 atom stereocenters. The third-order valence-corrected chi connectivity index (χ3v) is 5.85. The van der Waals surface area contributed by atoms with Crippen molar-refractivity contribution < 1.29 is 14.3 Å². The number of carbonyl (C=O) groups excluding carboxylic acids is 1. The topological polar surface area (TPSA) is 38.8 Å². The van der Waals surface area contributed by atoms with Crippen molar-refractivity contribution in [3.63, 3.8) is 0 Å². The second-order valence-corrected chi connectivity index (χ2v) is 7.90. The molecule has 2 aliphatic heterocycles. The normalized spacial score (nSPS) is 18.6. The Kier molecular flexibility index (Phi) is 4.57. The maximum Gasteiger partial charge on any atom is 0.231 e. The van der Waals surface area contributed by atoms with E-state index in [1.54, 1.807) is 0 Å². The van der Waals surface area contributed by atoms with Crippen molar-refractivity contribution in [2.24, 2.45) is 0 Å². The molecule has 0 aromatic heterocycles. The molecule has 2 aliphatic rings. The Morgan fingerprint density at radius 1 is 1.20 bits per heavy atom. The summed E-state index contributed by atoms with van der Waals surface area (Å²) in [6.45, 7) is 3.28. The maximum absolute atomic E-state index is 12.9. The number of benzene rings is 2. The number of para-hydroxylation sites is 1. The lowest BCUT2D eigenvalue weighted by Crippen LogP contribution is -2.32. The molecule has 0 fully saturated rings. The van der Waals surface area contributed by atoms with E-state index in [1.165, 1.54) is 4.90 Å². The van der Waals surface area contributed by atoms with Crippen LogP contribution in [0.15, 0.2) is 47.4 Å². The van der Waals surface area contributed by atoms with Crippen molar-refractivity contribution in [2.45, 2.75) is 36.3 Å². The van der Waals surface area contributed by atoms with Gasteiger partial charge in [-0.25, -0.2) is 0 Å². The van der Waals surface area contributed by atoms with E-state index in [2.05, 4.69) is 19.1 Å². The van der Waals surface area contributed by atoms with Crippen molar-refractivity contribution in [1.82, 2.24) is 0 Å². The van der Waals surface area contributed by atoms with Crippen LogP contribution >= 0.6 is 11.8 Å². The van der Waals surface area contributed by atoms with Gasteiger partial charge in [0.2, 0.25) is 12.7 Å². The van der Waals surface area contributed by atoms with Crippen LogP contribution in [0.2, 0.25) is 0 Å². The predicted octanol–water partition coefficient (Wildman–Crippen LogP) is 4.27. The first-order valence-electron chi connectivity index (χ1n) is 8.65. The van der Waals surface area contributed by atoms with Crippen LogP contribution in [0.3, 0.4) is 0 Å². The zero-order valence-electron chi connectivity index (χ0n) is 14.2. The maximum atomic E-state index is 12.9. The number of carbonyl (C=O) groups is 1. The first-order valence-corrected chi connectivity index (χ1v) is 9.53. The number of hydrogen-bond donors (Lipinski definition) is 0. The van der Waals surface area contributed by atoms with Gasteiger partial charge in [0, 0.05) is 23.1 Å². The third-order valence-electron chi connectivity index (χ3n) is 4.61. The lowest BCUT2D eigenvalue weighted by atomic mass is 10.1. The summed E-state index contributed by atoms with van der Waals surface area (Å²) in [5, 5.41) is 0.521. The van der Waals surface area contributed by atoms with Crippen LogP contribution < -0.4 is 14.4 Å². The van der Waals surface area contributed by atoms with Gasteiger partial charge in [-0.2, -0.15) is 0 Å². The molecule has 5 heteroatoms. The zero-order chi connectivity index (χ0) is 17.2. The van der Waals surface area contributed by atoms with Crippen molar-refractivity contribution >= 4 is 23.4 Å². The summed E-state index contributed by atoms with van der Waals surface area (Å²) in [7, 11) is 0. The molecular weight excluding hydrogens is 334 g/mol. The average Bonchev–Trinajstić information content (AvgIpc) is 3.02. The van der Waals surface area contributed by atoms with Crippen LogP contribution in [0.4, 0.5) is 5.69 Å². The van der Waals surface area contributed by atoms with Crippen LogP contribution in [0, 0.1) is 0 Å². The number of anilines is 1. The fourth-order valence-corrected chi connectivity index (χ4v) is 4.34. The Morgan fingerprint density at radius 2 is 2.04 bits per heavy atom. The lowest BCUT2D eigenvalue weighted by Gasteiger charge is -2.22. The molecule has 0 spiro atoms. The highest BCUT2D eigenvalue weighted by Crippen LogP contribution is 2.38. The van der Waals surface area contributed by atoms with Gasteiger partial charge in [-0.3, -0.25) is 4.79 Å². The van der Waals surface area contributed by atoms with Gasteiger partial charge in [0.15, 0.2) is 11.5 Å². The number of amides is 1. The van der Waals surface area contributed by atoms with Gasteiger partial charge in [0.25, 0.3) is 0 Å². The largest absolute Gasteiger partial charge is 0.454 e. The number of fused-ring (bicyclic) bond motifs is 2. The third kappa shape index (κ3) is 3.47. The molecule has 1 amide bonds. The van der Waals surface area contributed by atoms with Gasteiger partial charge in [-0.05, 0) is 42.7 Å². The number of thioether (sulfide) groups is 1. The van der Waals surface area contributed by atoms with Gasteiger partial charge < -0.3 is 14.4 Å². The van der Waals surface area contributed by atoms with E-state index in [4.69, 9.17) is 9.47 Å². The van der Waals surface area contributed by atoms with Gasteiger partial charge in [0.1, 0.15) is 0 Å². The van der Waals surface area contributed by atoms with Gasteiger partial charge in [-0.15, -0.1) is 11.8 Å². The second kappa shape index (κ2) is 7.00. The number of hydrogen-bond acceptors (Lipinski definition) is 4. The van der Waals surface area contributed by atoms with Gasteiger partial charge >= 0.3 is 0 Å². The highest BCUT2D eigenvalue weighted by molar-refractivity contribution is 8.00. The van der Waals surface area contributed by atoms with Crippen LogP contribution in [0.1, 0.15) is 25.3 Å². The van der Waals surface area contributed by atoms with E-state index in [9.17, 15) is 4.79 Å². The number of nitrogens with zero attached hydrogens (tertiary/aromatic N) is 1. The minimum atomic E-state index is 0.180. The molecule has 2 heterocycles. The highest BCUT2D eigenvalue weighted by Gasteiger charge is 2.24. The minimum Gasteiger partial charge on any atom is -0.454 e. The van der Waals surface area contributed by atoms with Crippen LogP contribution in [-0.2, 0) is 11.2 Å². The smallest absolute Gasteiger partial charge is 0.231 e. The fraction of sp³-hybridized carbons (Fsp3) is 0.350. The SMILES string of the molecule is CC1CCN(C(=O)CCc2ccc3c(c2)OCO3)c2ccccc2S1. The first-order chi connectivity index (χ1) is 12.2. The Morgan fingerprint density at radius 3 is 2.96 bits per heavy atom. The second-order valence-electron chi connectivity index (χ2n) is 6.42. The molecule has 1 unspecified atom stereocenters. The monoisotopic (exact) mass is 355 g/mol. The van der Waals surface area contributed by atoms with E-state index >= 15 is 0 Å². The molecule has 0 bridgehead atoms. The predicted molar refractivity (Wildman–Crippen MR) is 99.6 cm³/mol. The molecule has 0 N–H and O–H groups in total. The summed E-state index contributed by atoms with van der Waals surface area (Å²) in [4.78, 5) is 16.0. The summed E-state index contributed by atoms with van der Waals surface area (Å²) in [5.74, 6) is 1.73. The van der Waals surface area contributed by atoms with E-state index in [0.717, 1.165) is 35.7 Å². The average molecular weight is 355 g/mol. The van der Waals surface area contributed by atoms with Crippen LogP contribution in [0.5, 0.6) is 11.5 Å². The van der Waals surface area contributed by atoms with Crippen molar-refractivity contribution in [3.8, 4) is 11.5 Å². The number of aryl methyl sites for hydroxylation is 1. The lowest BCUT2D eigenvalue weighted by molar-refractivity contribution is -0.118. The highest BCUT2D eigenvalue weighted by atomic mass is 32.2. The summed E-state index contributed by atoms with van der Waals surface area (Å²) < 4.78 is 10.8. The first kappa shape index (κ1) is 16.3. The minimum absolute atomic E-state index is 0.180. The summed E-state index contributed by atoms with van der Waals surface area (Å²) >= 11 is 1.86. The Hall–Kier alpha value is -2.14. The molecule has 0 aliphatic carbocycles. The van der Waals surface area contributed by atoms with Crippen molar-refractivity contribution in [1.29, 1.82) is 0 Å². The Labute approximate surface area is 152 Å². The molecule has 130 valence electrons. The Bertz CT molecular complexity index is 792. The molecule has 0 saturated heterocycles. The van der Waals surface area contributed by atoms with E-state index in [1.807, 2.05) is 47.0 Å².